The molecule has 1 fully saturated rings. The van der Waals surface area contributed by atoms with Crippen LogP contribution in [0.5, 0.6) is 0 Å². The first-order valence-electron chi connectivity index (χ1n) is 6.65. The molecule has 0 radical (unpaired) electrons. The minimum atomic E-state index is -0.202. The fourth-order valence-electron chi connectivity index (χ4n) is 2.79. The van der Waals surface area contributed by atoms with E-state index >= 15 is 0 Å². The molecule has 0 aromatic heterocycles. The number of amides is 2. The van der Waals surface area contributed by atoms with Crippen LogP contribution in [0.3, 0.4) is 0 Å². The van der Waals surface area contributed by atoms with Crippen LogP contribution in [0.1, 0.15) is 33.6 Å². The minimum Gasteiger partial charge on any atom is -0.330 e. The normalized spacial score (nSPS) is 21.0. The van der Waals surface area contributed by atoms with Crippen molar-refractivity contribution in [3.8, 4) is 0 Å². The van der Waals surface area contributed by atoms with E-state index in [1.807, 2.05) is 5.01 Å². The van der Waals surface area contributed by atoms with Gasteiger partial charge >= 0.3 is 0 Å². The predicted octanol–water partition coefficient (Wildman–Crippen LogP) is 0.868. The van der Waals surface area contributed by atoms with Gasteiger partial charge in [0.2, 0.25) is 0 Å². The molecule has 100 valence electrons. The fourth-order valence-corrected chi connectivity index (χ4v) is 2.79. The number of imide groups is 1. The van der Waals surface area contributed by atoms with Crippen molar-refractivity contribution >= 4 is 11.8 Å². The smallest absolute Gasteiger partial charge is 0.276 e. The zero-order valence-corrected chi connectivity index (χ0v) is 10.7. The number of hydrogen-bond acceptors (Lipinski definition) is 4. The largest absolute Gasteiger partial charge is 0.330 e. The summed E-state index contributed by atoms with van der Waals surface area (Å²) in [4.78, 5) is 24.6. The summed E-state index contributed by atoms with van der Waals surface area (Å²) in [7, 11) is 0. The van der Waals surface area contributed by atoms with Crippen LogP contribution < -0.4 is 5.73 Å². The van der Waals surface area contributed by atoms with Crippen LogP contribution in [0.4, 0.5) is 0 Å². The number of nitrogens with zero attached hydrogens (tertiary/aromatic N) is 2. The molecule has 0 aliphatic carbocycles. The maximum absolute atomic E-state index is 12.3. The molecule has 2 amide bonds. The van der Waals surface area contributed by atoms with Gasteiger partial charge in [0.25, 0.3) is 11.8 Å². The number of hydrogen-bond donors (Lipinski definition) is 1. The van der Waals surface area contributed by atoms with E-state index in [9.17, 15) is 9.59 Å². The summed E-state index contributed by atoms with van der Waals surface area (Å²) in [6.07, 6.45) is 1.87. The lowest BCUT2D eigenvalue weighted by Crippen LogP contribution is -2.50. The zero-order valence-electron chi connectivity index (χ0n) is 10.7. The van der Waals surface area contributed by atoms with Gasteiger partial charge in [0, 0.05) is 13.1 Å². The third-order valence-electron chi connectivity index (χ3n) is 3.98. The van der Waals surface area contributed by atoms with E-state index in [0.29, 0.717) is 36.7 Å². The van der Waals surface area contributed by atoms with Crippen LogP contribution >= 0.6 is 0 Å². The van der Waals surface area contributed by atoms with Crippen molar-refractivity contribution in [2.75, 3.05) is 19.6 Å². The molecule has 5 nitrogen and oxygen atoms in total. The van der Waals surface area contributed by atoms with Crippen LogP contribution in [0.2, 0.25) is 0 Å². The van der Waals surface area contributed by atoms with Gasteiger partial charge in [-0.15, -0.1) is 0 Å². The van der Waals surface area contributed by atoms with Gasteiger partial charge in [-0.1, -0.05) is 12.1 Å². The second-order valence-corrected chi connectivity index (χ2v) is 5.10. The van der Waals surface area contributed by atoms with E-state index in [-0.39, 0.29) is 11.8 Å². The summed E-state index contributed by atoms with van der Waals surface area (Å²) >= 11 is 0. The molecule has 1 aromatic rings. The quantitative estimate of drug-likeness (QED) is 0.800. The summed E-state index contributed by atoms with van der Waals surface area (Å²) < 4.78 is 0. The first-order chi connectivity index (χ1) is 9.22. The monoisotopic (exact) mass is 259 g/mol. The molecule has 2 aliphatic heterocycles. The summed E-state index contributed by atoms with van der Waals surface area (Å²) in [5, 5.41) is 3.16. The lowest BCUT2D eigenvalue weighted by Gasteiger charge is -2.35. The van der Waals surface area contributed by atoms with Crippen LogP contribution in [0.15, 0.2) is 24.3 Å². The molecule has 2 N–H and O–H groups in total. The molecule has 2 aliphatic rings. The Labute approximate surface area is 111 Å². The van der Waals surface area contributed by atoms with Gasteiger partial charge in [-0.05, 0) is 37.4 Å². The summed E-state index contributed by atoms with van der Waals surface area (Å²) in [5.74, 6) is 0.102. The number of piperidine rings is 1. The number of carbonyl (C=O) groups is 2. The molecule has 0 spiro atoms. The van der Waals surface area contributed by atoms with Crippen molar-refractivity contribution in [3.63, 3.8) is 0 Å². The highest BCUT2D eigenvalue weighted by atomic mass is 16.2. The second kappa shape index (κ2) is 4.75. The number of fused-ring (bicyclic) bond motifs is 1. The highest BCUT2D eigenvalue weighted by Crippen LogP contribution is 2.26. The first kappa shape index (κ1) is 12.3. The van der Waals surface area contributed by atoms with Gasteiger partial charge in [0.15, 0.2) is 0 Å². The minimum absolute atomic E-state index is 0.202. The highest BCUT2D eigenvalue weighted by molar-refractivity contribution is 6.20. The maximum atomic E-state index is 12.3. The number of benzene rings is 1. The summed E-state index contributed by atoms with van der Waals surface area (Å²) in [6, 6.07) is 6.99. The maximum Gasteiger partial charge on any atom is 0.276 e. The Balaban J connectivity index is 1.81. The Kier molecular flexibility index (Phi) is 3.08. The molecule has 0 unspecified atom stereocenters. The Morgan fingerprint density at radius 2 is 1.58 bits per heavy atom. The number of rotatable bonds is 2. The van der Waals surface area contributed by atoms with E-state index in [2.05, 4.69) is 0 Å². The van der Waals surface area contributed by atoms with Gasteiger partial charge in [0.05, 0.1) is 11.1 Å². The fraction of sp³-hybridized carbons (Fsp3) is 0.429. The molecule has 2 heterocycles. The third kappa shape index (κ3) is 1.95. The molecular formula is C14H17N3O2. The number of nitrogens with two attached hydrogens (primary N) is 1. The first-order valence-corrected chi connectivity index (χ1v) is 6.65. The van der Waals surface area contributed by atoms with Crippen LogP contribution in [-0.2, 0) is 0 Å². The van der Waals surface area contributed by atoms with Crippen molar-refractivity contribution < 1.29 is 9.59 Å². The van der Waals surface area contributed by atoms with Gasteiger partial charge in [-0.3, -0.25) is 9.59 Å². The molecular weight excluding hydrogens is 242 g/mol. The van der Waals surface area contributed by atoms with Crippen LogP contribution in [0, 0.1) is 5.92 Å². The Morgan fingerprint density at radius 3 is 2.05 bits per heavy atom. The van der Waals surface area contributed by atoms with Crippen molar-refractivity contribution in [3.05, 3.63) is 35.4 Å². The topological polar surface area (TPSA) is 66.6 Å². The third-order valence-corrected chi connectivity index (χ3v) is 3.98. The SMILES string of the molecule is NCC1CCN(N2C(=O)c3ccccc3C2=O)CC1. The van der Waals surface area contributed by atoms with Crippen LogP contribution in [0.25, 0.3) is 0 Å². The Morgan fingerprint density at radius 1 is 1.05 bits per heavy atom. The van der Waals surface area contributed by atoms with E-state index in [4.69, 9.17) is 5.73 Å². The second-order valence-electron chi connectivity index (χ2n) is 5.10. The average Bonchev–Trinajstić information content (AvgIpc) is 2.72. The molecule has 0 atom stereocenters. The van der Waals surface area contributed by atoms with Gasteiger partial charge in [-0.25, -0.2) is 10.0 Å². The van der Waals surface area contributed by atoms with E-state index < -0.39 is 0 Å². The van der Waals surface area contributed by atoms with Gasteiger partial charge < -0.3 is 5.73 Å². The molecule has 0 saturated carbocycles. The molecule has 19 heavy (non-hydrogen) atoms. The molecule has 1 aromatic carbocycles. The van der Waals surface area contributed by atoms with Crippen molar-refractivity contribution in [1.29, 1.82) is 0 Å². The lowest BCUT2D eigenvalue weighted by atomic mass is 9.98. The Bertz CT molecular complexity index is 486. The van der Waals surface area contributed by atoms with E-state index in [1.54, 1.807) is 24.3 Å². The zero-order chi connectivity index (χ0) is 13.4. The average molecular weight is 259 g/mol. The molecule has 0 bridgehead atoms. The van der Waals surface area contributed by atoms with Crippen molar-refractivity contribution in [1.82, 2.24) is 10.0 Å². The number of carbonyl (C=O) groups excluding carboxylic acids is 2. The van der Waals surface area contributed by atoms with Crippen molar-refractivity contribution in [2.24, 2.45) is 11.7 Å². The van der Waals surface area contributed by atoms with Crippen molar-refractivity contribution in [2.45, 2.75) is 12.8 Å². The van der Waals surface area contributed by atoms with Gasteiger partial charge in [0.1, 0.15) is 0 Å². The Hall–Kier alpha value is -1.72. The number of hydrazine groups is 1. The lowest BCUT2D eigenvalue weighted by molar-refractivity contribution is -0.0134. The summed E-state index contributed by atoms with van der Waals surface area (Å²) in [5.41, 5.74) is 6.68. The van der Waals surface area contributed by atoms with Gasteiger partial charge in [-0.2, -0.15) is 0 Å². The van der Waals surface area contributed by atoms with Crippen LogP contribution in [-0.4, -0.2) is 41.5 Å². The molecule has 1 saturated heterocycles. The molecule has 3 rings (SSSR count). The van der Waals surface area contributed by atoms with E-state index in [1.165, 1.54) is 5.01 Å². The van der Waals surface area contributed by atoms with E-state index in [0.717, 1.165) is 12.8 Å². The molecule has 5 heteroatoms. The standard InChI is InChI=1S/C14H17N3O2/c15-9-10-5-7-16(8-6-10)17-13(18)11-3-1-2-4-12(11)14(17)19/h1-4,10H,5-9,15H2. The predicted molar refractivity (Wildman–Crippen MR) is 70.3 cm³/mol. The summed E-state index contributed by atoms with van der Waals surface area (Å²) in [6.45, 7) is 2.11. The highest BCUT2D eigenvalue weighted by Gasteiger charge is 2.39.